The summed E-state index contributed by atoms with van der Waals surface area (Å²) in [4.78, 5) is 15.8. The van der Waals surface area contributed by atoms with E-state index in [9.17, 15) is 4.79 Å². The monoisotopic (exact) mass is 443 g/mol. The molecule has 1 saturated carbocycles. The van der Waals surface area contributed by atoms with Gasteiger partial charge >= 0.3 is 5.97 Å². The van der Waals surface area contributed by atoms with Crippen LogP contribution in [0.25, 0.3) is 0 Å². The molecule has 1 aliphatic carbocycles. The zero-order valence-corrected chi connectivity index (χ0v) is 18.9. The van der Waals surface area contributed by atoms with Crippen LogP contribution in [0, 0.1) is 0 Å². The SMILES string of the molecule is COc1cc(C=Nc2ccc(C3CCCCC3)cc2)ccc1OCc1cccc(C(=O)O)c1. The molecule has 5 heteroatoms. The Balaban J connectivity index is 1.40. The van der Waals surface area contributed by atoms with E-state index in [1.165, 1.54) is 37.7 Å². The third kappa shape index (κ3) is 6.01. The lowest BCUT2D eigenvalue weighted by molar-refractivity contribution is 0.0696. The summed E-state index contributed by atoms with van der Waals surface area (Å²) in [5.74, 6) is 0.926. The number of hydrogen-bond acceptors (Lipinski definition) is 4. The van der Waals surface area contributed by atoms with E-state index in [2.05, 4.69) is 29.3 Å². The molecule has 0 amide bonds. The van der Waals surface area contributed by atoms with Crippen molar-refractivity contribution in [1.82, 2.24) is 0 Å². The van der Waals surface area contributed by atoms with Crippen LogP contribution in [0.1, 0.15) is 65.1 Å². The molecule has 1 N–H and O–H groups in total. The van der Waals surface area contributed by atoms with E-state index in [1.54, 1.807) is 25.3 Å². The van der Waals surface area contributed by atoms with Gasteiger partial charge in [0.1, 0.15) is 6.61 Å². The number of carbonyl (C=O) groups is 1. The standard InChI is InChI=1S/C28H29NO4/c1-32-27-17-20(10-15-26(27)33-19-21-6-5-9-24(16-21)28(30)31)18-29-25-13-11-23(12-14-25)22-7-3-2-4-8-22/h5-6,9-18,22H,2-4,7-8,19H2,1H3,(H,30,31). The van der Waals surface area contributed by atoms with Gasteiger partial charge in [0, 0.05) is 6.21 Å². The molecule has 0 spiro atoms. The Hall–Kier alpha value is -3.60. The molecule has 1 fully saturated rings. The van der Waals surface area contributed by atoms with Crippen molar-refractivity contribution in [2.24, 2.45) is 4.99 Å². The van der Waals surface area contributed by atoms with E-state index in [1.807, 2.05) is 30.5 Å². The molecule has 0 heterocycles. The Labute approximate surface area is 194 Å². The number of hydrogen-bond donors (Lipinski definition) is 1. The Kier molecular flexibility index (Phi) is 7.40. The van der Waals surface area contributed by atoms with Crippen molar-refractivity contribution in [1.29, 1.82) is 0 Å². The summed E-state index contributed by atoms with van der Waals surface area (Å²) in [5.41, 5.74) is 4.27. The van der Waals surface area contributed by atoms with Gasteiger partial charge < -0.3 is 14.6 Å². The van der Waals surface area contributed by atoms with Gasteiger partial charge in [-0.15, -0.1) is 0 Å². The minimum absolute atomic E-state index is 0.237. The predicted molar refractivity (Wildman–Crippen MR) is 130 cm³/mol. The Morgan fingerprint density at radius 2 is 1.79 bits per heavy atom. The first-order valence-corrected chi connectivity index (χ1v) is 11.4. The number of carboxylic acid groups (broad SMARTS) is 1. The van der Waals surface area contributed by atoms with Crippen molar-refractivity contribution < 1.29 is 19.4 Å². The molecule has 170 valence electrons. The van der Waals surface area contributed by atoms with Gasteiger partial charge in [-0.3, -0.25) is 4.99 Å². The Bertz CT molecular complexity index is 1110. The molecule has 4 rings (SSSR count). The number of aliphatic imine (C=N–C) groups is 1. The number of nitrogens with zero attached hydrogens (tertiary/aromatic N) is 1. The van der Waals surface area contributed by atoms with Gasteiger partial charge in [0.05, 0.1) is 18.4 Å². The highest BCUT2D eigenvalue weighted by Crippen LogP contribution is 2.33. The zero-order chi connectivity index (χ0) is 23.0. The van der Waals surface area contributed by atoms with Gasteiger partial charge in [-0.05, 0) is 77.9 Å². The largest absolute Gasteiger partial charge is 0.493 e. The van der Waals surface area contributed by atoms with E-state index in [0.717, 1.165) is 16.8 Å². The van der Waals surface area contributed by atoms with Crippen LogP contribution in [0.4, 0.5) is 5.69 Å². The number of rotatable bonds is 8. The van der Waals surface area contributed by atoms with Crippen LogP contribution in [-0.4, -0.2) is 24.4 Å². The quantitative estimate of drug-likeness (QED) is 0.390. The van der Waals surface area contributed by atoms with Crippen LogP contribution < -0.4 is 9.47 Å². The van der Waals surface area contributed by atoms with E-state index < -0.39 is 5.97 Å². The molecule has 0 bridgehead atoms. The van der Waals surface area contributed by atoms with E-state index in [4.69, 9.17) is 14.6 Å². The normalized spacial score (nSPS) is 14.3. The smallest absolute Gasteiger partial charge is 0.335 e. The average Bonchev–Trinajstić information content (AvgIpc) is 2.87. The summed E-state index contributed by atoms with van der Waals surface area (Å²) < 4.78 is 11.4. The zero-order valence-electron chi connectivity index (χ0n) is 18.9. The molecule has 0 aliphatic heterocycles. The summed E-state index contributed by atoms with van der Waals surface area (Å²) >= 11 is 0. The molecule has 33 heavy (non-hydrogen) atoms. The summed E-state index contributed by atoms with van der Waals surface area (Å²) in [6.07, 6.45) is 8.44. The van der Waals surface area contributed by atoms with Crippen LogP contribution in [0.5, 0.6) is 11.5 Å². The average molecular weight is 444 g/mol. The molecule has 5 nitrogen and oxygen atoms in total. The number of aromatic carboxylic acids is 1. The van der Waals surface area contributed by atoms with Gasteiger partial charge in [-0.1, -0.05) is 43.5 Å². The molecule has 0 radical (unpaired) electrons. The maximum absolute atomic E-state index is 11.1. The lowest BCUT2D eigenvalue weighted by Crippen LogP contribution is -2.03. The van der Waals surface area contributed by atoms with Crippen LogP contribution in [-0.2, 0) is 6.61 Å². The highest BCUT2D eigenvalue weighted by atomic mass is 16.5. The number of ether oxygens (including phenoxy) is 2. The highest BCUT2D eigenvalue weighted by molar-refractivity contribution is 5.87. The molecular weight excluding hydrogens is 414 g/mol. The van der Waals surface area contributed by atoms with Gasteiger partial charge in [0.2, 0.25) is 0 Å². The second kappa shape index (κ2) is 10.8. The lowest BCUT2D eigenvalue weighted by atomic mass is 9.84. The highest BCUT2D eigenvalue weighted by Gasteiger charge is 2.15. The summed E-state index contributed by atoms with van der Waals surface area (Å²) in [6.45, 7) is 0.248. The van der Waals surface area contributed by atoms with Crippen LogP contribution >= 0.6 is 0 Å². The lowest BCUT2D eigenvalue weighted by Gasteiger charge is -2.21. The summed E-state index contributed by atoms with van der Waals surface area (Å²) in [7, 11) is 1.60. The maximum atomic E-state index is 11.1. The number of benzene rings is 3. The first-order chi connectivity index (χ1) is 16.1. The fraction of sp³-hybridized carbons (Fsp3) is 0.286. The van der Waals surface area contributed by atoms with Gasteiger partial charge in [-0.2, -0.15) is 0 Å². The fourth-order valence-corrected chi connectivity index (χ4v) is 4.26. The summed E-state index contributed by atoms with van der Waals surface area (Å²) in [5, 5.41) is 9.14. The van der Waals surface area contributed by atoms with E-state index >= 15 is 0 Å². The fourth-order valence-electron chi connectivity index (χ4n) is 4.26. The maximum Gasteiger partial charge on any atom is 0.335 e. The topological polar surface area (TPSA) is 68.1 Å². The van der Waals surface area contributed by atoms with Gasteiger partial charge in [0.25, 0.3) is 0 Å². The second-order valence-corrected chi connectivity index (χ2v) is 8.39. The molecule has 0 aromatic heterocycles. The van der Waals surface area contributed by atoms with Crippen molar-refractivity contribution in [3.63, 3.8) is 0 Å². The van der Waals surface area contributed by atoms with Crippen molar-refractivity contribution in [3.8, 4) is 11.5 Å². The predicted octanol–water partition coefficient (Wildman–Crippen LogP) is 6.77. The van der Waals surface area contributed by atoms with Gasteiger partial charge in [-0.25, -0.2) is 4.79 Å². The molecular formula is C28H29NO4. The molecule has 3 aromatic carbocycles. The third-order valence-corrected chi connectivity index (χ3v) is 6.09. The molecule has 0 unspecified atom stereocenters. The molecule has 1 aliphatic rings. The van der Waals surface area contributed by atoms with Crippen LogP contribution in [0.3, 0.4) is 0 Å². The van der Waals surface area contributed by atoms with Gasteiger partial charge in [0.15, 0.2) is 11.5 Å². The number of methoxy groups -OCH3 is 1. The van der Waals surface area contributed by atoms with Crippen molar-refractivity contribution >= 4 is 17.9 Å². The Morgan fingerprint density at radius 1 is 1.00 bits per heavy atom. The minimum Gasteiger partial charge on any atom is -0.493 e. The van der Waals surface area contributed by atoms with E-state index in [0.29, 0.717) is 17.4 Å². The number of carboxylic acids is 1. The molecule has 3 aromatic rings. The minimum atomic E-state index is -0.957. The summed E-state index contributed by atoms with van der Waals surface area (Å²) in [6, 6.07) is 20.9. The molecule has 0 atom stereocenters. The van der Waals surface area contributed by atoms with E-state index in [-0.39, 0.29) is 12.2 Å². The van der Waals surface area contributed by atoms with Crippen molar-refractivity contribution in [2.45, 2.75) is 44.6 Å². The third-order valence-electron chi connectivity index (χ3n) is 6.09. The van der Waals surface area contributed by atoms with Crippen molar-refractivity contribution in [3.05, 3.63) is 89.0 Å². The van der Waals surface area contributed by atoms with Crippen LogP contribution in [0.15, 0.2) is 71.7 Å². The first-order valence-electron chi connectivity index (χ1n) is 11.4. The Morgan fingerprint density at radius 3 is 2.52 bits per heavy atom. The first kappa shape index (κ1) is 22.6. The second-order valence-electron chi connectivity index (χ2n) is 8.39. The molecule has 0 saturated heterocycles. The van der Waals surface area contributed by atoms with Crippen LogP contribution in [0.2, 0.25) is 0 Å². The van der Waals surface area contributed by atoms with Crippen molar-refractivity contribution in [2.75, 3.05) is 7.11 Å².